The average Bonchev–Trinajstić information content (AvgIpc) is 2.57. The summed E-state index contributed by atoms with van der Waals surface area (Å²) >= 11 is 0. The largest absolute Gasteiger partial charge is 0.490 e. The van der Waals surface area contributed by atoms with E-state index in [4.69, 9.17) is 24.2 Å². The molecule has 0 fully saturated rings. The van der Waals surface area contributed by atoms with Crippen LogP contribution in [-0.2, 0) is 0 Å². The predicted molar refractivity (Wildman–Crippen MR) is 79.3 cm³/mol. The molecule has 0 radical (unpaired) electrons. The number of hydrogen-bond acceptors (Lipinski definition) is 8. The van der Waals surface area contributed by atoms with Crippen molar-refractivity contribution < 1.29 is 28.9 Å². The smallest absolute Gasteiger partial charge is 0.374 e. The van der Waals surface area contributed by atoms with Crippen molar-refractivity contribution in [3.05, 3.63) is 24.0 Å². The molecule has 0 saturated carbocycles. The lowest BCUT2D eigenvalue weighted by atomic mass is 10.4. The highest BCUT2D eigenvalue weighted by Crippen LogP contribution is 2.25. The Labute approximate surface area is 134 Å². The summed E-state index contributed by atoms with van der Waals surface area (Å²) in [6.07, 6.45) is 2.69. The van der Waals surface area contributed by atoms with Crippen LogP contribution in [0.1, 0.15) is 11.4 Å². The second-order valence-electron chi connectivity index (χ2n) is 4.22. The zero-order valence-electron chi connectivity index (χ0n) is 14.0. The van der Waals surface area contributed by atoms with Crippen molar-refractivity contribution in [1.29, 1.82) is 0 Å². The van der Waals surface area contributed by atoms with E-state index >= 15 is 0 Å². The molecular formula is C14H21N4O5+. The molecule has 0 aliphatic rings. The van der Waals surface area contributed by atoms with E-state index in [1.807, 2.05) is 6.92 Å². The molecule has 2 rings (SSSR count). The van der Waals surface area contributed by atoms with Crippen LogP contribution in [-0.4, -0.2) is 48.6 Å². The number of hydrogen-bond donors (Lipinski definition) is 1. The van der Waals surface area contributed by atoms with Gasteiger partial charge in [0, 0.05) is 6.92 Å². The minimum Gasteiger partial charge on any atom is -0.490 e. The van der Waals surface area contributed by atoms with Crippen molar-refractivity contribution in [2.75, 3.05) is 28.4 Å². The van der Waals surface area contributed by atoms with E-state index in [1.165, 1.54) is 26.9 Å². The van der Waals surface area contributed by atoms with E-state index < -0.39 is 0 Å². The SMILES string of the molecule is COc1nc[n+](O)c(C)c1OC.COc1ncnc(C)c1OC. The summed E-state index contributed by atoms with van der Waals surface area (Å²) < 4.78 is 20.7. The maximum atomic E-state index is 9.17. The molecule has 1 N–H and O–H groups in total. The van der Waals surface area contributed by atoms with Gasteiger partial charge in [-0.25, -0.2) is 4.98 Å². The molecule has 2 heterocycles. The Balaban J connectivity index is 0.000000231. The van der Waals surface area contributed by atoms with E-state index in [2.05, 4.69) is 15.0 Å². The van der Waals surface area contributed by atoms with Crippen LogP contribution in [0.25, 0.3) is 0 Å². The molecule has 9 heteroatoms. The van der Waals surface area contributed by atoms with Gasteiger partial charge in [0.2, 0.25) is 5.75 Å². The van der Waals surface area contributed by atoms with Crippen molar-refractivity contribution in [1.82, 2.24) is 15.0 Å². The Kier molecular flexibility index (Phi) is 6.78. The van der Waals surface area contributed by atoms with Crippen LogP contribution in [0.3, 0.4) is 0 Å². The molecule has 0 atom stereocenters. The number of aromatic nitrogens is 4. The van der Waals surface area contributed by atoms with Gasteiger partial charge in [-0.05, 0) is 16.6 Å². The van der Waals surface area contributed by atoms with Gasteiger partial charge in [-0.3, -0.25) is 0 Å². The molecule has 2 aromatic rings. The first-order valence-electron chi connectivity index (χ1n) is 6.58. The third kappa shape index (κ3) is 4.31. The molecule has 0 amide bonds. The third-order valence-electron chi connectivity index (χ3n) is 2.90. The Morgan fingerprint density at radius 2 is 1.39 bits per heavy atom. The topological polar surface area (TPSA) is 99.7 Å². The Bertz CT molecular complexity index is 651. The minimum atomic E-state index is 0.361. The molecule has 0 bridgehead atoms. The molecule has 23 heavy (non-hydrogen) atoms. The summed E-state index contributed by atoms with van der Waals surface area (Å²) in [4.78, 5) is 11.6. The number of rotatable bonds is 4. The normalized spacial score (nSPS) is 9.48. The zero-order chi connectivity index (χ0) is 17.4. The fourth-order valence-electron chi connectivity index (χ4n) is 1.71. The monoisotopic (exact) mass is 325 g/mol. The van der Waals surface area contributed by atoms with Crippen LogP contribution in [0.2, 0.25) is 0 Å². The van der Waals surface area contributed by atoms with Crippen LogP contribution < -0.4 is 23.7 Å². The number of methoxy groups -OCH3 is 4. The fraction of sp³-hybridized carbons (Fsp3) is 0.429. The summed E-state index contributed by atoms with van der Waals surface area (Å²) in [5.41, 5.74) is 1.32. The maximum absolute atomic E-state index is 9.17. The fourth-order valence-corrected chi connectivity index (χ4v) is 1.71. The predicted octanol–water partition coefficient (Wildman–Crippen LogP) is 0.734. The third-order valence-corrected chi connectivity index (χ3v) is 2.90. The first-order chi connectivity index (χ1) is 11.0. The van der Waals surface area contributed by atoms with Crippen molar-refractivity contribution in [2.24, 2.45) is 0 Å². The van der Waals surface area contributed by atoms with Crippen molar-refractivity contribution >= 4 is 0 Å². The number of nitrogens with zero attached hydrogens (tertiary/aromatic N) is 4. The lowest BCUT2D eigenvalue weighted by molar-refractivity contribution is -0.910. The van der Waals surface area contributed by atoms with Gasteiger partial charge >= 0.3 is 12.2 Å². The summed E-state index contributed by atoms with van der Waals surface area (Å²) in [5.74, 6) is 1.86. The van der Waals surface area contributed by atoms with E-state index in [0.717, 1.165) is 10.4 Å². The molecule has 126 valence electrons. The molecule has 0 spiro atoms. The first-order valence-corrected chi connectivity index (χ1v) is 6.58. The van der Waals surface area contributed by atoms with Gasteiger partial charge in [-0.15, -0.1) is 0 Å². The van der Waals surface area contributed by atoms with Crippen LogP contribution in [0.5, 0.6) is 23.3 Å². The highest BCUT2D eigenvalue weighted by Gasteiger charge is 2.19. The van der Waals surface area contributed by atoms with Crippen LogP contribution >= 0.6 is 0 Å². The molecule has 0 saturated heterocycles. The molecule has 2 aromatic heterocycles. The van der Waals surface area contributed by atoms with Gasteiger partial charge in [0.1, 0.15) is 6.33 Å². The Morgan fingerprint density at radius 1 is 0.826 bits per heavy atom. The molecule has 0 unspecified atom stereocenters. The maximum Gasteiger partial charge on any atom is 0.374 e. The summed E-state index contributed by atoms with van der Waals surface area (Å²) in [6, 6.07) is 0. The molecule has 0 aliphatic heterocycles. The molecule has 9 nitrogen and oxygen atoms in total. The second-order valence-corrected chi connectivity index (χ2v) is 4.22. The van der Waals surface area contributed by atoms with Gasteiger partial charge in [0.15, 0.2) is 5.69 Å². The van der Waals surface area contributed by atoms with E-state index in [0.29, 0.717) is 29.0 Å². The summed E-state index contributed by atoms with van der Waals surface area (Å²) in [7, 11) is 6.09. The lowest BCUT2D eigenvalue weighted by Gasteiger charge is -2.06. The first kappa shape index (κ1) is 18.2. The van der Waals surface area contributed by atoms with E-state index in [-0.39, 0.29) is 0 Å². The quantitative estimate of drug-likeness (QED) is 0.649. The molecule has 0 aliphatic carbocycles. The second kappa shape index (κ2) is 8.57. The van der Waals surface area contributed by atoms with Gasteiger partial charge in [0.25, 0.3) is 11.6 Å². The highest BCUT2D eigenvalue weighted by molar-refractivity contribution is 5.36. The summed E-state index contributed by atoms with van der Waals surface area (Å²) in [6.45, 7) is 3.53. The van der Waals surface area contributed by atoms with Crippen molar-refractivity contribution in [3.8, 4) is 23.3 Å². The average molecular weight is 325 g/mol. The lowest BCUT2D eigenvalue weighted by Crippen LogP contribution is -2.34. The van der Waals surface area contributed by atoms with Gasteiger partial charge in [-0.2, -0.15) is 4.98 Å². The van der Waals surface area contributed by atoms with Gasteiger partial charge < -0.3 is 24.2 Å². The van der Waals surface area contributed by atoms with Crippen molar-refractivity contribution in [2.45, 2.75) is 13.8 Å². The Hall–Kier alpha value is -2.84. The number of ether oxygens (including phenoxy) is 4. The molecule has 0 aromatic carbocycles. The minimum absolute atomic E-state index is 0.361. The van der Waals surface area contributed by atoms with Crippen LogP contribution in [0, 0.1) is 13.8 Å². The summed E-state index contributed by atoms with van der Waals surface area (Å²) in [5, 5.41) is 9.17. The molecular weight excluding hydrogens is 304 g/mol. The van der Waals surface area contributed by atoms with E-state index in [9.17, 15) is 0 Å². The number of aryl methyl sites for hydroxylation is 1. The standard InChI is InChI=1S/C7H11N2O3.C7H10N2O2/c1-5-6(11-2)7(12-3)8-4-9(5)10;1-5-6(10-2)7(11-3)9-4-8-5/h4,10H,1-3H3;4H,1-3H3/q+1;. The van der Waals surface area contributed by atoms with E-state index in [1.54, 1.807) is 21.1 Å². The zero-order valence-corrected chi connectivity index (χ0v) is 14.0. The Morgan fingerprint density at radius 3 is 1.87 bits per heavy atom. The van der Waals surface area contributed by atoms with Crippen LogP contribution in [0.4, 0.5) is 0 Å². The van der Waals surface area contributed by atoms with Gasteiger partial charge in [0.05, 0.1) is 34.1 Å². The van der Waals surface area contributed by atoms with Gasteiger partial charge in [-0.1, -0.05) is 0 Å². The van der Waals surface area contributed by atoms with Crippen LogP contribution in [0.15, 0.2) is 12.7 Å². The van der Waals surface area contributed by atoms with Crippen molar-refractivity contribution in [3.63, 3.8) is 0 Å². The highest BCUT2D eigenvalue weighted by atomic mass is 16.5.